The summed E-state index contributed by atoms with van der Waals surface area (Å²) in [4.78, 5) is 7.40. The van der Waals surface area contributed by atoms with Gasteiger partial charge in [0.05, 0.1) is 17.4 Å². The summed E-state index contributed by atoms with van der Waals surface area (Å²) in [5.41, 5.74) is 11.8. The van der Waals surface area contributed by atoms with Gasteiger partial charge in [0.15, 0.2) is 0 Å². The fourth-order valence-electron chi connectivity index (χ4n) is 2.47. The molecule has 3 N–H and O–H groups in total. The van der Waals surface area contributed by atoms with E-state index in [1.54, 1.807) is 6.33 Å². The van der Waals surface area contributed by atoms with E-state index in [-0.39, 0.29) is 0 Å². The maximum absolute atomic E-state index is 5.75. The Kier molecular flexibility index (Phi) is 3.52. The number of hydrogen-bond acceptors (Lipinski definition) is 2. The number of fused-ring (bicyclic) bond motifs is 1. The topological polar surface area (TPSA) is 54.7 Å². The minimum atomic E-state index is 0.407. The molecule has 1 aromatic heterocycles. The first kappa shape index (κ1) is 12.9. The molecule has 0 saturated heterocycles. The molecule has 0 spiro atoms. The zero-order chi connectivity index (χ0) is 13.9. The van der Waals surface area contributed by atoms with Crippen LogP contribution in [0.4, 0.5) is 0 Å². The van der Waals surface area contributed by atoms with Crippen LogP contribution >= 0.6 is 0 Å². The fraction of sp³-hybridized carbons (Fsp3) is 0.235. The molecule has 0 saturated carbocycles. The minimum Gasteiger partial charge on any atom is -0.345 e. The highest BCUT2D eigenvalue weighted by atomic mass is 14.9. The molecule has 0 aliphatic rings. The van der Waals surface area contributed by atoms with Crippen LogP contribution in [0.15, 0.2) is 48.8 Å². The Balaban J connectivity index is 1.86. The van der Waals surface area contributed by atoms with Crippen LogP contribution < -0.4 is 5.73 Å². The van der Waals surface area contributed by atoms with E-state index in [1.165, 1.54) is 16.7 Å². The van der Waals surface area contributed by atoms with Crippen LogP contribution in [0.25, 0.3) is 11.0 Å². The van der Waals surface area contributed by atoms with Crippen LogP contribution in [0, 0.1) is 0 Å². The van der Waals surface area contributed by atoms with Crippen molar-refractivity contribution in [1.82, 2.24) is 9.97 Å². The summed E-state index contributed by atoms with van der Waals surface area (Å²) in [5.74, 6) is 0.407. The van der Waals surface area contributed by atoms with Crippen molar-refractivity contribution in [2.45, 2.75) is 19.3 Å². The van der Waals surface area contributed by atoms with Crippen LogP contribution in [0.3, 0.4) is 0 Å². The van der Waals surface area contributed by atoms with Gasteiger partial charge in [0, 0.05) is 0 Å². The molecule has 1 atom stereocenters. The van der Waals surface area contributed by atoms with E-state index >= 15 is 0 Å². The Morgan fingerprint density at radius 3 is 2.85 bits per heavy atom. The highest BCUT2D eigenvalue weighted by molar-refractivity contribution is 5.75. The molecule has 0 bridgehead atoms. The number of nitrogens with one attached hydrogen (secondary N) is 1. The Bertz CT molecular complexity index is 715. The van der Waals surface area contributed by atoms with E-state index in [0.29, 0.717) is 12.5 Å². The van der Waals surface area contributed by atoms with Crippen molar-refractivity contribution in [3.63, 3.8) is 0 Å². The van der Waals surface area contributed by atoms with E-state index in [9.17, 15) is 0 Å². The number of benzene rings is 2. The average Bonchev–Trinajstić information content (AvgIpc) is 2.94. The van der Waals surface area contributed by atoms with Gasteiger partial charge >= 0.3 is 0 Å². The van der Waals surface area contributed by atoms with Crippen molar-refractivity contribution in [2.24, 2.45) is 5.73 Å². The summed E-state index contributed by atoms with van der Waals surface area (Å²) in [5, 5.41) is 0. The van der Waals surface area contributed by atoms with Gasteiger partial charge in [-0.1, -0.05) is 37.3 Å². The lowest BCUT2D eigenvalue weighted by molar-refractivity contribution is 0.772. The van der Waals surface area contributed by atoms with Gasteiger partial charge in [0.2, 0.25) is 0 Å². The van der Waals surface area contributed by atoms with Crippen molar-refractivity contribution < 1.29 is 0 Å². The lowest BCUT2D eigenvalue weighted by Gasteiger charge is -2.11. The number of aromatic nitrogens is 2. The first-order chi connectivity index (χ1) is 9.76. The van der Waals surface area contributed by atoms with Crippen molar-refractivity contribution in [1.29, 1.82) is 0 Å². The van der Waals surface area contributed by atoms with Crippen molar-refractivity contribution in [3.8, 4) is 0 Å². The molecule has 0 fully saturated rings. The summed E-state index contributed by atoms with van der Waals surface area (Å²) in [6, 6.07) is 15.1. The SMILES string of the molecule is CC(CN)c1cccc(Cc2ccc3nc[nH]c3c2)c1. The zero-order valence-corrected chi connectivity index (χ0v) is 11.6. The van der Waals surface area contributed by atoms with Gasteiger partial charge < -0.3 is 10.7 Å². The summed E-state index contributed by atoms with van der Waals surface area (Å²) in [7, 11) is 0. The van der Waals surface area contributed by atoms with Crippen LogP contribution in [-0.2, 0) is 6.42 Å². The molecule has 3 rings (SSSR count). The van der Waals surface area contributed by atoms with E-state index in [4.69, 9.17) is 5.73 Å². The van der Waals surface area contributed by atoms with Gasteiger partial charge in [0.1, 0.15) is 0 Å². The number of H-pyrrole nitrogens is 1. The Labute approximate surface area is 118 Å². The molecule has 0 radical (unpaired) electrons. The standard InChI is InChI=1S/C17H19N3/c1-12(10-18)15-4-2-3-13(8-15)7-14-5-6-16-17(9-14)20-11-19-16/h2-6,8-9,11-12H,7,10,18H2,1H3,(H,19,20). The predicted octanol–water partition coefficient (Wildman–Crippen LogP) is 3.22. The summed E-state index contributed by atoms with van der Waals surface area (Å²) in [6.07, 6.45) is 2.66. The fourth-order valence-corrected chi connectivity index (χ4v) is 2.47. The molecule has 1 unspecified atom stereocenters. The van der Waals surface area contributed by atoms with Crippen molar-refractivity contribution in [2.75, 3.05) is 6.54 Å². The Hall–Kier alpha value is -2.13. The van der Waals surface area contributed by atoms with Gasteiger partial charge in [0.25, 0.3) is 0 Å². The maximum atomic E-state index is 5.75. The molecular formula is C17H19N3. The monoisotopic (exact) mass is 265 g/mol. The number of nitrogens with two attached hydrogens (primary N) is 1. The number of nitrogens with zero attached hydrogens (tertiary/aromatic N) is 1. The van der Waals surface area contributed by atoms with E-state index in [1.807, 2.05) is 0 Å². The minimum absolute atomic E-state index is 0.407. The van der Waals surface area contributed by atoms with E-state index in [2.05, 4.69) is 59.4 Å². The molecule has 3 nitrogen and oxygen atoms in total. The average molecular weight is 265 g/mol. The summed E-state index contributed by atoms with van der Waals surface area (Å²) in [6.45, 7) is 2.85. The van der Waals surface area contributed by atoms with Crippen LogP contribution in [0.2, 0.25) is 0 Å². The second kappa shape index (κ2) is 5.47. The number of hydrogen-bond donors (Lipinski definition) is 2. The highest BCUT2D eigenvalue weighted by Crippen LogP contribution is 2.19. The number of aromatic amines is 1. The number of rotatable bonds is 4. The molecule has 0 aliphatic carbocycles. The zero-order valence-electron chi connectivity index (χ0n) is 11.6. The molecule has 3 aromatic rings. The van der Waals surface area contributed by atoms with Crippen molar-refractivity contribution in [3.05, 3.63) is 65.5 Å². The first-order valence-electron chi connectivity index (χ1n) is 6.97. The molecule has 1 heterocycles. The summed E-state index contributed by atoms with van der Waals surface area (Å²) >= 11 is 0. The lowest BCUT2D eigenvalue weighted by Crippen LogP contribution is -2.09. The molecule has 2 aromatic carbocycles. The van der Waals surface area contributed by atoms with Gasteiger partial charge in [-0.2, -0.15) is 0 Å². The van der Waals surface area contributed by atoms with E-state index < -0.39 is 0 Å². The highest BCUT2D eigenvalue weighted by Gasteiger charge is 2.05. The lowest BCUT2D eigenvalue weighted by atomic mass is 9.96. The second-order valence-electron chi connectivity index (χ2n) is 5.31. The van der Waals surface area contributed by atoms with Crippen LogP contribution in [0.5, 0.6) is 0 Å². The first-order valence-corrected chi connectivity index (χ1v) is 6.97. The van der Waals surface area contributed by atoms with Gasteiger partial charge in [-0.3, -0.25) is 0 Å². The maximum Gasteiger partial charge on any atom is 0.0931 e. The number of imidazole rings is 1. The molecule has 0 amide bonds. The molecule has 20 heavy (non-hydrogen) atoms. The Morgan fingerprint density at radius 2 is 2.00 bits per heavy atom. The largest absolute Gasteiger partial charge is 0.345 e. The van der Waals surface area contributed by atoms with Crippen LogP contribution in [0.1, 0.15) is 29.5 Å². The quantitative estimate of drug-likeness (QED) is 0.761. The second-order valence-corrected chi connectivity index (χ2v) is 5.31. The molecule has 3 heteroatoms. The van der Waals surface area contributed by atoms with Crippen molar-refractivity contribution >= 4 is 11.0 Å². The smallest absolute Gasteiger partial charge is 0.0931 e. The third-order valence-corrected chi connectivity index (χ3v) is 3.77. The van der Waals surface area contributed by atoms with E-state index in [0.717, 1.165) is 17.5 Å². The molecule has 102 valence electrons. The molecule has 0 aliphatic heterocycles. The van der Waals surface area contributed by atoms with Gasteiger partial charge in [-0.15, -0.1) is 0 Å². The van der Waals surface area contributed by atoms with Gasteiger partial charge in [-0.05, 0) is 47.7 Å². The normalized spacial score (nSPS) is 12.7. The molecular weight excluding hydrogens is 246 g/mol. The Morgan fingerprint density at radius 1 is 1.15 bits per heavy atom. The predicted molar refractivity (Wildman–Crippen MR) is 82.8 cm³/mol. The third kappa shape index (κ3) is 2.58. The van der Waals surface area contributed by atoms with Crippen LogP contribution in [-0.4, -0.2) is 16.5 Å². The summed E-state index contributed by atoms with van der Waals surface area (Å²) < 4.78 is 0. The third-order valence-electron chi connectivity index (χ3n) is 3.77. The van der Waals surface area contributed by atoms with Gasteiger partial charge in [-0.25, -0.2) is 4.98 Å².